The number of hydrogen-bond acceptors (Lipinski definition) is 3. The van der Waals surface area contributed by atoms with Gasteiger partial charge in [-0.3, -0.25) is 4.79 Å². The van der Waals surface area contributed by atoms with Crippen LogP contribution in [0.5, 0.6) is 0 Å². The summed E-state index contributed by atoms with van der Waals surface area (Å²) in [4.78, 5) is 14.4. The second-order valence-corrected chi connectivity index (χ2v) is 3.05. The first kappa shape index (κ1) is 7.49. The Labute approximate surface area is 76.5 Å². The van der Waals surface area contributed by atoms with Crippen molar-refractivity contribution in [2.24, 2.45) is 0 Å². The van der Waals surface area contributed by atoms with Crippen LogP contribution in [0.3, 0.4) is 0 Å². The number of halogens is 1. The number of rotatable bonds is 1. The Morgan fingerprint density at radius 2 is 2.42 bits per heavy atom. The summed E-state index contributed by atoms with van der Waals surface area (Å²) in [7, 11) is 0. The molecule has 0 radical (unpaired) electrons. The molecule has 0 unspecified atom stereocenters. The van der Waals surface area contributed by atoms with Gasteiger partial charge in [0.05, 0.1) is 9.86 Å². The minimum absolute atomic E-state index is 0.281. The van der Waals surface area contributed by atoms with Crippen LogP contribution in [-0.2, 0) is 0 Å². The minimum Gasteiger partial charge on any atom is -0.434 e. The van der Waals surface area contributed by atoms with Crippen molar-refractivity contribution < 1.29 is 9.21 Å². The van der Waals surface area contributed by atoms with E-state index >= 15 is 0 Å². The first-order valence-electron chi connectivity index (χ1n) is 3.31. The van der Waals surface area contributed by atoms with E-state index in [-0.39, 0.29) is 5.76 Å². The number of aromatic nitrogens is 1. The molecule has 0 aliphatic carbocycles. The van der Waals surface area contributed by atoms with E-state index in [9.17, 15) is 4.79 Å². The highest BCUT2D eigenvalue weighted by Gasteiger charge is 2.10. The van der Waals surface area contributed by atoms with Crippen molar-refractivity contribution in [2.45, 2.75) is 0 Å². The van der Waals surface area contributed by atoms with Crippen molar-refractivity contribution in [3.63, 3.8) is 0 Å². The van der Waals surface area contributed by atoms with Gasteiger partial charge in [0.1, 0.15) is 0 Å². The zero-order valence-electron chi connectivity index (χ0n) is 5.95. The minimum atomic E-state index is 0.281. The molecule has 2 heterocycles. The lowest BCUT2D eigenvalue weighted by Gasteiger charge is -1.82. The standard InChI is InChI=1S/C8H4BrNO2/c9-7-5-2-1-3-10-8(5)12-6(7)4-11/h1-4H. The Morgan fingerprint density at radius 1 is 1.58 bits per heavy atom. The van der Waals surface area contributed by atoms with Gasteiger partial charge in [-0.25, -0.2) is 4.98 Å². The van der Waals surface area contributed by atoms with Crippen LogP contribution >= 0.6 is 15.9 Å². The number of aldehydes is 1. The van der Waals surface area contributed by atoms with Crippen molar-refractivity contribution in [3.05, 3.63) is 28.6 Å². The Kier molecular flexibility index (Phi) is 1.69. The molecule has 3 nitrogen and oxygen atoms in total. The highest BCUT2D eigenvalue weighted by molar-refractivity contribution is 9.10. The summed E-state index contributed by atoms with van der Waals surface area (Å²) in [6, 6.07) is 3.63. The van der Waals surface area contributed by atoms with E-state index < -0.39 is 0 Å². The lowest BCUT2D eigenvalue weighted by Crippen LogP contribution is -1.71. The monoisotopic (exact) mass is 225 g/mol. The van der Waals surface area contributed by atoms with Crippen LogP contribution in [0.25, 0.3) is 11.1 Å². The molecule has 2 aromatic heterocycles. The summed E-state index contributed by atoms with van der Waals surface area (Å²) in [6.45, 7) is 0. The van der Waals surface area contributed by atoms with Gasteiger partial charge in [0.25, 0.3) is 0 Å². The Morgan fingerprint density at radius 3 is 3.08 bits per heavy atom. The van der Waals surface area contributed by atoms with Gasteiger partial charge >= 0.3 is 0 Å². The molecule has 4 heteroatoms. The normalized spacial score (nSPS) is 10.4. The summed E-state index contributed by atoms with van der Waals surface area (Å²) >= 11 is 3.25. The average molecular weight is 226 g/mol. The fourth-order valence-electron chi connectivity index (χ4n) is 0.997. The quantitative estimate of drug-likeness (QED) is 0.701. The third-order valence-corrected chi connectivity index (χ3v) is 2.36. The zero-order valence-corrected chi connectivity index (χ0v) is 7.54. The number of carbonyl (C=O) groups is 1. The number of nitrogens with zero attached hydrogens (tertiary/aromatic N) is 1. The lowest BCUT2D eigenvalue weighted by molar-refractivity contribution is 0.110. The van der Waals surface area contributed by atoms with Gasteiger partial charge in [0.15, 0.2) is 12.0 Å². The van der Waals surface area contributed by atoms with Crippen LogP contribution in [0.15, 0.2) is 27.2 Å². The molecule has 12 heavy (non-hydrogen) atoms. The summed E-state index contributed by atoms with van der Waals surface area (Å²) in [5.41, 5.74) is 0.478. The first-order chi connectivity index (χ1) is 5.83. The zero-order chi connectivity index (χ0) is 8.55. The highest BCUT2D eigenvalue weighted by atomic mass is 79.9. The maximum absolute atomic E-state index is 10.4. The molecule has 0 spiro atoms. The number of carbonyl (C=O) groups excluding carboxylic acids is 1. The second-order valence-electron chi connectivity index (χ2n) is 2.25. The summed E-state index contributed by atoms with van der Waals surface area (Å²) in [6.07, 6.45) is 2.28. The maximum Gasteiger partial charge on any atom is 0.228 e. The summed E-state index contributed by atoms with van der Waals surface area (Å²) in [5.74, 6) is 0.281. The summed E-state index contributed by atoms with van der Waals surface area (Å²) in [5, 5.41) is 0.819. The topological polar surface area (TPSA) is 43.1 Å². The van der Waals surface area contributed by atoms with Gasteiger partial charge < -0.3 is 4.42 Å². The van der Waals surface area contributed by atoms with E-state index in [2.05, 4.69) is 20.9 Å². The average Bonchev–Trinajstić information content (AvgIpc) is 2.44. The number of pyridine rings is 1. The molecule has 2 rings (SSSR count). The molecular weight excluding hydrogens is 222 g/mol. The largest absolute Gasteiger partial charge is 0.434 e. The molecular formula is C8H4BrNO2. The van der Waals surface area contributed by atoms with E-state index in [1.807, 2.05) is 6.07 Å². The van der Waals surface area contributed by atoms with Crippen LogP contribution in [0, 0.1) is 0 Å². The Bertz CT molecular complexity index is 436. The number of fused-ring (bicyclic) bond motifs is 1. The van der Waals surface area contributed by atoms with E-state index in [1.165, 1.54) is 0 Å². The molecule has 60 valence electrons. The molecule has 0 fully saturated rings. The van der Waals surface area contributed by atoms with Gasteiger partial charge in [0.2, 0.25) is 5.71 Å². The van der Waals surface area contributed by atoms with Crippen LogP contribution in [0.4, 0.5) is 0 Å². The molecule has 2 aromatic rings. The third-order valence-electron chi connectivity index (χ3n) is 1.54. The van der Waals surface area contributed by atoms with E-state index in [1.54, 1.807) is 12.3 Å². The molecule has 0 atom stereocenters. The number of hydrogen-bond donors (Lipinski definition) is 0. The molecule has 0 aliphatic heterocycles. The van der Waals surface area contributed by atoms with Gasteiger partial charge in [-0.05, 0) is 28.1 Å². The van der Waals surface area contributed by atoms with Crippen LogP contribution in [0.1, 0.15) is 10.6 Å². The predicted molar refractivity (Wildman–Crippen MR) is 47.1 cm³/mol. The van der Waals surface area contributed by atoms with Crippen molar-refractivity contribution in [1.29, 1.82) is 0 Å². The van der Waals surface area contributed by atoms with Crippen molar-refractivity contribution >= 4 is 33.3 Å². The van der Waals surface area contributed by atoms with Crippen LogP contribution in [0.2, 0.25) is 0 Å². The van der Waals surface area contributed by atoms with Gasteiger partial charge in [-0.15, -0.1) is 0 Å². The van der Waals surface area contributed by atoms with E-state index in [0.29, 0.717) is 16.5 Å². The summed E-state index contributed by atoms with van der Waals surface area (Å²) < 4.78 is 5.79. The molecule has 0 aliphatic rings. The Balaban J connectivity index is 2.87. The molecule has 0 saturated heterocycles. The van der Waals surface area contributed by atoms with Crippen LogP contribution in [-0.4, -0.2) is 11.3 Å². The van der Waals surface area contributed by atoms with E-state index in [4.69, 9.17) is 4.42 Å². The number of furan rings is 1. The second kappa shape index (κ2) is 2.71. The van der Waals surface area contributed by atoms with Gasteiger partial charge in [-0.2, -0.15) is 0 Å². The SMILES string of the molecule is O=Cc1oc2ncccc2c1Br. The highest BCUT2D eigenvalue weighted by Crippen LogP contribution is 2.27. The smallest absolute Gasteiger partial charge is 0.228 e. The molecule has 0 saturated carbocycles. The third kappa shape index (κ3) is 0.956. The van der Waals surface area contributed by atoms with E-state index in [0.717, 1.165) is 5.39 Å². The van der Waals surface area contributed by atoms with Gasteiger partial charge in [-0.1, -0.05) is 0 Å². The van der Waals surface area contributed by atoms with Crippen molar-refractivity contribution in [1.82, 2.24) is 4.98 Å². The molecule has 0 bridgehead atoms. The Hall–Kier alpha value is -1.16. The maximum atomic E-state index is 10.4. The van der Waals surface area contributed by atoms with Crippen molar-refractivity contribution in [3.8, 4) is 0 Å². The lowest BCUT2D eigenvalue weighted by atomic mass is 10.3. The first-order valence-corrected chi connectivity index (χ1v) is 4.10. The molecule has 0 aromatic carbocycles. The molecule has 0 N–H and O–H groups in total. The van der Waals surface area contributed by atoms with Gasteiger partial charge in [0, 0.05) is 6.20 Å². The molecule has 0 amide bonds. The van der Waals surface area contributed by atoms with Crippen molar-refractivity contribution in [2.75, 3.05) is 0 Å². The fraction of sp³-hybridized carbons (Fsp3) is 0. The predicted octanol–water partition coefficient (Wildman–Crippen LogP) is 2.40. The van der Waals surface area contributed by atoms with Crippen LogP contribution < -0.4 is 0 Å². The fourth-order valence-corrected chi connectivity index (χ4v) is 1.47.